The van der Waals surface area contributed by atoms with Crippen LogP contribution in [0.2, 0.25) is 0 Å². The zero-order chi connectivity index (χ0) is 21.0. The van der Waals surface area contributed by atoms with E-state index in [1.54, 1.807) is 24.3 Å². The molecule has 1 spiro atoms. The first-order chi connectivity index (χ1) is 13.9. The molecule has 1 aliphatic carbocycles. The molecule has 1 atom stereocenters. The van der Waals surface area contributed by atoms with E-state index in [4.69, 9.17) is 0 Å². The third-order valence-electron chi connectivity index (χ3n) is 5.81. The number of piperazine rings is 1. The summed E-state index contributed by atoms with van der Waals surface area (Å²) < 4.78 is 0. The van der Waals surface area contributed by atoms with Gasteiger partial charge in [-0.15, -0.1) is 0 Å². The number of carbonyl (C=O) groups is 4. The lowest BCUT2D eigenvalue weighted by Gasteiger charge is -2.46. The molecule has 1 aromatic carbocycles. The summed E-state index contributed by atoms with van der Waals surface area (Å²) in [6.07, 6.45) is 4.63. The number of carbonyl (C=O) groups excluding carboxylic acids is 4. The van der Waals surface area contributed by atoms with Crippen molar-refractivity contribution in [2.45, 2.75) is 64.0 Å². The largest absolute Gasteiger partial charge is 0.350 e. The molecule has 0 radical (unpaired) electrons. The van der Waals surface area contributed by atoms with E-state index in [9.17, 15) is 19.2 Å². The lowest BCUT2D eigenvalue weighted by molar-refractivity contribution is -0.146. The van der Waals surface area contributed by atoms with Crippen molar-refractivity contribution in [1.29, 1.82) is 0 Å². The highest BCUT2D eigenvalue weighted by atomic mass is 16.2. The topological polar surface area (TPSA) is 108 Å². The average molecular weight is 400 g/mol. The van der Waals surface area contributed by atoms with Crippen molar-refractivity contribution in [1.82, 2.24) is 15.5 Å². The molecule has 3 rings (SSSR count). The van der Waals surface area contributed by atoms with Gasteiger partial charge in [0.25, 0.3) is 11.8 Å². The van der Waals surface area contributed by atoms with E-state index in [0.29, 0.717) is 24.1 Å². The predicted octanol–water partition coefficient (Wildman–Crippen LogP) is 2.41. The van der Waals surface area contributed by atoms with Gasteiger partial charge in [-0.1, -0.05) is 26.2 Å². The van der Waals surface area contributed by atoms with Crippen LogP contribution in [0, 0.1) is 0 Å². The summed E-state index contributed by atoms with van der Waals surface area (Å²) >= 11 is 0. The zero-order valence-corrected chi connectivity index (χ0v) is 16.9. The van der Waals surface area contributed by atoms with Gasteiger partial charge >= 0.3 is 6.03 Å². The molecule has 5 amide bonds. The van der Waals surface area contributed by atoms with Crippen LogP contribution in [0.5, 0.6) is 0 Å². The fraction of sp³-hybridized carbons (Fsp3) is 0.524. The monoisotopic (exact) mass is 400 g/mol. The van der Waals surface area contributed by atoms with Crippen molar-refractivity contribution in [3.05, 3.63) is 29.8 Å². The first-order valence-electron chi connectivity index (χ1n) is 10.2. The molecule has 2 aliphatic rings. The molecule has 8 nitrogen and oxygen atoms in total. The number of urea groups is 1. The predicted molar refractivity (Wildman–Crippen MR) is 108 cm³/mol. The molecule has 156 valence electrons. The number of anilines is 1. The first kappa shape index (κ1) is 20.8. The van der Waals surface area contributed by atoms with Crippen molar-refractivity contribution in [2.75, 3.05) is 11.9 Å². The van der Waals surface area contributed by atoms with Gasteiger partial charge in [-0.2, -0.15) is 0 Å². The van der Waals surface area contributed by atoms with Crippen LogP contribution in [0.25, 0.3) is 0 Å². The van der Waals surface area contributed by atoms with E-state index >= 15 is 0 Å². The van der Waals surface area contributed by atoms with Crippen molar-refractivity contribution in [3.63, 3.8) is 0 Å². The zero-order valence-electron chi connectivity index (χ0n) is 16.9. The van der Waals surface area contributed by atoms with Gasteiger partial charge in [-0.25, -0.2) is 4.79 Å². The quantitative estimate of drug-likeness (QED) is 0.675. The number of benzene rings is 1. The number of imide groups is 1. The van der Waals surface area contributed by atoms with Gasteiger partial charge in [0, 0.05) is 17.3 Å². The van der Waals surface area contributed by atoms with Crippen LogP contribution >= 0.6 is 0 Å². The summed E-state index contributed by atoms with van der Waals surface area (Å²) in [7, 11) is 0. The van der Waals surface area contributed by atoms with Gasteiger partial charge in [0.2, 0.25) is 5.91 Å². The second kappa shape index (κ2) is 8.63. The maximum Gasteiger partial charge on any atom is 0.323 e. The molecule has 1 saturated heterocycles. The minimum atomic E-state index is -0.966. The smallest absolute Gasteiger partial charge is 0.323 e. The standard InChI is InChI=1S/C21H28N4O4/c1-3-14(2)22-18(27)15-7-9-16(10-8-15)23-20(29)25-13-17(26)24-19(28)21(25)11-5-4-6-12-21/h7-10,14H,3-6,11-13H2,1-2H3,(H,22,27)(H,23,29)(H,24,26,28). The molecular formula is C21H28N4O4. The van der Waals surface area contributed by atoms with E-state index in [1.807, 2.05) is 13.8 Å². The van der Waals surface area contributed by atoms with Gasteiger partial charge in [0.1, 0.15) is 12.1 Å². The van der Waals surface area contributed by atoms with Gasteiger partial charge in [0.05, 0.1) is 0 Å². The summed E-state index contributed by atoms with van der Waals surface area (Å²) in [5.74, 6) is -1.03. The fourth-order valence-corrected chi connectivity index (χ4v) is 3.90. The van der Waals surface area contributed by atoms with E-state index in [2.05, 4.69) is 16.0 Å². The Kier molecular flexibility index (Phi) is 6.20. The summed E-state index contributed by atoms with van der Waals surface area (Å²) in [5.41, 5.74) is 0.0332. The number of nitrogens with one attached hydrogen (secondary N) is 3. The Morgan fingerprint density at radius 2 is 1.79 bits per heavy atom. The number of hydrogen-bond acceptors (Lipinski definition) is 4. The first-order valence-corrected chi connectivity index (χ1v) is 10.2. The summed E-state index contributed by atoms with van der Waals surface area (Å²) in [5, 5.41) is 8.04. The molecule has 1 saturated carbocycles. The van der Waals surface area contributed by atoms with Crippen LogP contribution in [0.1, 0.15) is 62.7 Å². The number of nitrogens with zero attached hydrogens (tertiary/aromatic N) is 1. The molecule has 1 aromatic rings. The lowest BCUT2D eigenvalue weighted by atomic mass is 9.78. The normalized spacial score (nSPS) is 19.4. The molecule has 29 heavy (non-hydrogen) atoms. The molecule has 2 fully saturated rings. The number of rotatable bonds is 4. The van der Waals surface area contributed by atoms with Gasteiger partial charge in [-0.05, 0) is 50.5 Å². The van der Waals surface area contributed by atoms with Gasteiger partial charge in [-0.3, -0.25) is 19.7 Å². The average Bonchev–Trinajstić information content (AvgIpc) is 2.72. The Morgan fingerprint density at radius 1 is 1.14 bits per heavy atom. The maximum atomic E-state index is 12.9. The third kappa shape index (κ3) is 4.41. The van der Waals surface area contributed by atoms with E-state index < -0.39 is 17.5 Å². The molecule has 1 heterocycles. The van der Waals surface area contributed by atoms with Crippen LogP contribution in [0.3, 0.4) is 0 Å². The van der Waals surface area contributed by atoms with Crippen molar-refractivity contribution >= 4 is 29.4 Å². The highest BCUT2D eigenvalue weighted by Crippen LogP contribution is 2.36. The Balaban J connectivity index is 1.72. The summed E-state index contributed by atoms with van der Waals surface area (Å²) in [4.78, 5) is 51.0. The van der Waals surface area contributed by atoms with Crippen molar-refractivity contribution in [2.24, 2.45) is 0 Å². The summed E-state index contributed by atoms with van der Waals surface area (Å²) in [6.45, 7) is 3.78. The van der Waals surface area contributed by atoms with Gasteiger partial charge < -0.3 is 15.5 Å². The van der Waals surface area contributed by atoms with Crippen LogP contribution in [0.15, 0.2) is 24.3 Å². The van der Waals surface area contributed by atoms with E-state index in [1.165, 1.54) is 4.90 Å². The molecule has 8 heteroatoms. The van der Waals surface area contributed by atoms with Crippen molar-refractivity contribution < 1.29 is 19.2 Å². The highest BCUT2D eigenvalue weighted by Gasteiger charge is 2.51. The van der Waals surface area contributed by atoms with Crippen molar-refractivity contribution in [3.8, 4) is 0 Å². The maximum absolute atomic E-state index is 12.9. The Bertz CT molecular complexity index is 799. The fourth-order valence-electron chi connectivity index (χ4n) is 3.90. The Hall–Kier alpha value is -2.90. The summed E-state index contributed by atoms with van der Waals surface area (Å²) in [6, 6.07) is 6.16. The van der Waals surface area contributed by atoms with Crippen LogP contribution in [-0.2, 0) is 9.59 Å². The molecule has 3 N–H and O–H groups in total. The molecule has 1 aliphatic heterocycles. The second-order valence-corrected chi connectivity index (χ2v) is 7.85. The van der Waals surface area contributed by atoms with Gasteiger partial charge in [0.15, 0.2) is 0 Å². The number of amides is 5. The minimum absolute atomic E-state index is 0.0800. The minimum Gasteiger partial charge on any atom is -0.350 e. The third-order valence-corrected chi connectivity index (χ3v) is 5.81. The van der Waals surface area contributed by atoms with Crippen LogP contribution in [0.4, 0.5) is 10.5 Å². The highest BCUT2D eigenvalue weighted by molar-refractivity contribution is 6.08. The van der Waals surface area contributed by atoms with Crippen LogP contribution < -0.4 is 16.0 Å². The van der Waals surface area contributed by atoms with Crippen LogP contribution in [-0.4, -0.2) is 46.8 Å². The SMILES string of the molecule is CCC(C)NC(=O)c1ccc(NC(=O)N2CC(=O)NC(=O)C23CCCCC3)cc1. The van der Waals surface area contributed by atoms with E-state index in [-0.39, 0.29) is 24.4 Å². The van der Waals surface area contributed by atoms with E-state index in [0.717, 1.165) is 25.7 Å². The molecular weight excluding hydrogens is 372 g/mol. The molecule has 0 aromatic heterocycles. The lowest BCUT2D eigenvalue weighted by Crippen LogP contribution is -2.69. The Labute approximate surface area is 170 Å². The molecule has 0 bridgehead atoms. The Morgan fingerprint density at radius 3 is 2.41 bits per heavy atom. The number of hydrogen-bond donors (Lipinski definition) is 3. The second-order valence-electron chi connectivity index (χ2n) is 7.85. The molecule has 1 unspecified atom stereocenters.